The lowest BCUT2D eigenvalue weighted by molar-refractivity contribution is 0.359. The SMILES string of the molecule is C[C@@H]1CN(c2ccc(C#N)n3ncc(F)c23)Cc2c3c(nn21)CNC(C)(C)C3. The lowest BCUT2D eigenvalue weighted by atomic mass is 9.89. The molecule has 2 aliphatic heterocycles. The highest BCUT2D eigenvalue weighted by atomic mass is 19.1. The minimum Gasteiger partial charge on any atom is -0.362 e. The van der Waals surface area contributed by atoms with Crippen LogP contribution in [0, 0.1) is 17.1 Å². The summed E-state index contributed by atoms with van der Waals surface area (Å²) in [5, 5.41) is 21.8. The molecule has 7 nitrogen and oxygen atoms in total. The number of aromatic nitrogens is 4. The van der Waals surface area contributed by atoms with Gasteiger partial charge in [0.1, 0.15) is 17.3 Å². The fraction of sp³-hybridized carbons (Fsp3) is 0.450. The van der Waals surface area contributed by atoms with Crippen molar-refractivity contribution in [2.45, 2.75) is 51.9 Å². The highest BCUT2D eigenvalue weighted by molar-refractivity contribution is 5.75. The molecule has 0 saturated heterocycles. The lowest BCUT2D eigenvalue weighted by Crippen LogP contribution is -2.44. The van der Waals surface area contributed by atoms with Gasteiger partial charge in [-0.15, -0.1) is 0 Å². The van der Waals surface area contributed by atoms with E-state index >= 15 is 0 Å². The Balaban J connectivity index is 1.61. The van der Waals surface area contributed by atoms with Crippen LogP contribution in [0.4, 0.5) is 10.1 Å². The summed E-state index contributed by atoms with van der Waals surface area (Å²) in [6, 6.07) is 5.77. The first-order valence-electron chi connectivity index (χ1n) is 9.53. The van der Waals surface area contributed by atoms with Crippen molar-refractivity contribution in [1.29, 1.82) is 5.26 Å². The second-order valence-electron chi connectivity index (χ2n) is 8.43. The second kappa shape index (κ2) is 5.79. The zero-order valence-corrected chi connectivity index (χ0v) is 16.2. The maximum absolute atomic E-state index is 14.5. The molecule has 0 saturated carbocycles. The molecule has 2 aliphatic rings. The van der Waals surface area contributed by atoms with Gasteiger partial charge in [0.25, 0.3) is 0 Å². The summed E-state index contributed by atoms with van der Waals surface area (Å²) in [5.74, 6) is -0.411. The molecule has 0 unspecified atom stereocenters. The average Bonchev–Trinajstić information content (AvgIpc) is 3.22. The number of nitriles is 1. The van der Waals surface area contributed by atoms with Crippen LogP contribution in [0.2, 0.25) is 0 Å². The third-order valence-electron chi connectivity index (χ3n) is 5.85. The fourth-order valence-corrected chi connectivity index (χ4v) is 4.48. The van der Waals surface area contributed by atoms with Crippen LogP contribution in [0.15, 0.2) is 18.3 Å². The van der Waals surface area contributed by atoms with Crippen LogP contribution in [-0.4, -0.2) is 31.5 Å². The van der Waals surface area contributed by atoms with E-state index in [1.807, 2.05) is 6.07 Å². The van der Waals surface area contributed by atoms with Crippen molar-refractivity contribution in [3.8, 4) is 6.07 Å². The van der Waals surface area contributed by atoms with Crippen LogP contribution >= 0.6 is 0 Å². The summed E-state index contributed by atoms with van der Waals surface area (Å²) in [5.41, 5.74) is 5.09. The van der Waals surface area contributed by atoms with Gasteiger partial charge in [-0.2, -0.15) is 15.5 Å². The predicted octanol–water partition coefficient (Wildman–Crippen LogP) is 2.55. The standard InChI is InChI=1S/C20H22FN7/c1-12-10-26(17-5-4-13(7-22)28-19(17)15(21)8-24-28)11-18-14-6-20(2,3)23-9-16(14)25-27(12)18/h4-5,8,12,23H,6,9-11H2,1-3H3/t12-/m1/s1. The molecule has 28 heavy (non-hydrogen) atoms. The second-order valence-corrected chi connectivity index (χ2v) is 8.43. The molecule has 5 rings (SSSR count). The average molecular weight is 379 g/mol. The summed E-state index contributed by atoms with van der Waals surface area (Å²) in [6.45, 7) is 8.70. The third-order valence-corrected chi connectivity index (χ3v) is 5.85. The Labute approximate surface area is 162 Å². The van der Waals surface area contributed by atoms with Crippen molar-refractivity contribution in [2.75, 3.05) is 11.4 Å². The van der Waals surface area contributed by atoms with Gasteiger partial charge in [0, 0.05) is 24.2 Å². The largest absolute Gasteiger partial charge is 0.362 e. The molecule has 0 fully saturated rings. The Morgan fingerprint density at radius 3 is 2.96 bits per heavy atom. The van der Waals surface area contributed by atoms with Crippen molar-refractivity contribution in [3.63, 3.8) is 0 Å². The zero-order valence-electron chi connectivity index (χ0n) is 16.2. The molecular weight excluding hydrogens is 357 g/mol. The van der Waals surface area contributed by atoms with E-state index in [4.69, 9.17) is 5.10 Å². The van der Waals surface area contributed by atoms with Gasteiger partial charge in [-0.3, -0.25) is 4.68 Å². The quantitative estimate of drug-likeness (QED) is 0.703. The van der Waals surface area contributed by atoms with Crippen LogP contribution in [0.5, 0.6) is 0 Å². The number of pyridine rings is 1. The number of rotatable bonds is 1. The summed E-state index contributed by atoms with van der Waals surface area (Å²) in [4.78, 5) is 2.18. The number of nitrogens with zero attached hydrogens (tertiary/aromatic N) is 6. The molecule has 3 aromatic rings. The normalized spacial score (nSPS) is 20.7. The number of fused-ring (bicyclic) bond motifs is 4. The van der Waals surface area contributed by atoms with E-state index < -0.39 is 5.82 Å². The van der Waals surface area contributed by atoms with Gasteiger partial charge >= 0.3 is 0 Å². The van der Waals surface area contributed by atoms with Crippen molar-refractivity contribution in [1.82, 2.24) is 24.7 Å². The summed E-state index contributed by atoms with van der Waals surface area (Å²) >= 11 is 0. The van der Waals surface area contributed by atoms with Crippen molar-refractivity contribution < 1.29 is 4.39 Å². The molecular formula is C20H22FN7. The molecule has 0 spiro atoms. The molecule has 0 radical (unpaired) electrons. The highest BCUT2D eigenvalue weighted by Gasteiger charge is 2.34. The van der Waals surface area contributed by atoms with Crippen molar-refractivity contribution >= 4 is 11.2 Å². The van der Waals surface area contributed by atoms with Crippen LogP contribution in [-0.2, 0) is 19.5 Å². The van der Waals surface area contributed by atoms with E-state index in [9.17, 15) is 9.65 Å². The first-order valence-corrected chi connectivity index (χ1v) is 9.53. The van der Waals surface area contributed by atoms with Crippen molar-refractivity contribution in [2.24, 2.45) is 0 Å². The molecule has 1 atom stereocenters. The van der Waals surface area contributed by atoms with Gasteiger partial charge in [-0.25, -0.2) is 8.91 Å². The lowest BCUT2D eigenvalue weighted by Gasteiger charge is -2.36. The van der Waals surface area contributed by atoms with Crippen LogP contribution < -0.4 is 10.2 Å². The predicted molar refractivity (Wildman–Crippen MR) is 102 cm³/mol. The van der Waals surface area contributed by atoms with E-state index in [1.165, 1.54) is 22.0 Å². The maximum Gasteiger partial charge on any atom is 0.171 e. The molecule has 5 heterocycles. The Hall–Kier alpha value is -2.92. The number of hydrogen-bond acceptors (Lipinski definition) is 5. The molecule has 1 N–H and O–H groups in total. The van der Waals surface area contributed by atoms with Crippen LogP contribution in [0.25, 0.3) is 5.52 Å². The van der Waals surface area contributed by atoms with Crippen molar-refractivity contribution in [3.05, 3.63) is 46.8 Å². The first-order chi connectivity index (χ1) is 13.4. The minimum atomic E-state index is -0.411. The van der Waals surface area contributed by atoms with Gasteiger partial charge < -0.3 is 10.2 Å². The Kier molecular flexibility index (Phi) is 3.55. The van der Waals surface area contributed by atoms with Gasteiger partial charge in [0.05, 0.1) is 35.9 Å². The minimum absolute atomic E-state index is 0.0299. The molecule has 8 heteroatoms. The van der Waals surface area contributed by atoms with Crippen LogP contribution in [0.1, 0.15) is 49.5 Å². The number of hydrogen-bond donors (Lipinski definition) is 1. The van der Waals surface area contributed by atoms with Gasteiger partial charge in [0.15, 0.2) is 5.82 Å². The molecule has 0 aromatic carbocycles. The first kappa shape index (κ1) is 17.2. The molecule has 144 valence electrons. The number of halogens is 1. The summed E-state index contributed by atoms with van der Waals surface area (Å²) < 4.78 is 18.1. The monoisotopic (exact) mass is 379 g/mol. The van der Waals surface area contributed by atoms with Gasteiger partial charge in [0.2, 0.25) is 0 Å². The van der Waals surface area contributed by atoms with E-state index in [2.05, 4.69) is 46.8 Å². The van der Waals surface area contributed by atoms with E-state index in [0.29, 0.717) is 17.8 Å². The maximum atomic E-state index is 14.5. The summed E-state index contributed by atoms with van der Waals surface area (Å²) in [7, 11) is 0. The van der Waals surface area contributed by atoms with E-state index in [1.54, 1.807) is 6.07 Å². The molecule has 0 aliphatic carbocycles. The number of anilines is 1. The number of nitrogens with one attached hydrogen (secondary N) is 1. The van der Waals surface area contributed by atoms with Gasteiger partial charge in [-0.1, -0.05) is 0 Å². The topological polar surface area (TPSA) is 74.2 Å². The van der Waals surface area contributed by atoms with E-state index in [-0.39, 0.29) is 11.6 Å². The fourth-order valence-electron chi connectivity index (χ4n) is 4.48. The Morgan fingerprint density at radius 1 is 1.36 bits per heavy atom. The third kappa shape index (κ3) is 2.43. The molecule has 0 bridgehead atoms. The smallest absolute Gasteiger partial charge is 0.171 e. The van der Waals surface area contributed by atoms with Crippen LogP contribution in [0.3, 0.4) is 0 Å². The van der Waals surface area contributed by atoms with Gasteiger partial charge in [-0.05, 0) is 39.3 Å². The zero-order chi connectivity index (χ0) is 19.6. The molecule has 0 amide bonds. The highest BCUT2D eigenvalue weighted by Crippen LogP contribution is 2.35. The Morgan fingerprint density at radius 2 is 2.18 bits per heavy atom. The Bertz CT molecular complexity index is 1130. The summed E-state index contributed by atoms with van der Waals surface area (Å²) in [6.07, 6.45) is 2.09. The molecule has 3 aromatic heterocycles. The van der Waals surface area contributed by atoms with E-state index in [0.717, 1.165) is 30.9 Å².